The van der Waals surface area contributed by atoms with Crippen molar-refractivity contribution >= 4 is 22.9 Å². The third-order valence-electron chi connectivity index (χ3n) is 3.81. The molecule has 0 saturated carbocycles. The van der Waals surface area contributed by atoms with Crippen molar-refractivity contribution in [1.29, 1.82) is 0 Å². The van der Waals surface area contributed by atoms with Gasteiger partial charge in [-0.15, -0.1) is 11.3 Å². The molecule has 1 amide bonds. The van der Waals surface area contributed by atoms with Gasteiger partial charge in [-0.25, -0.2) is 4.98 Å². The van der Waals surface area contributed by atoms with E-state index in [4.69, 9.17) is 0 Å². The van der Waals surface area contributed by atoms with E-state index in [1.165, 1.54) is 0 Å². The highest BCUT2D eigenvalue weighted by molar-refractivity contribution is 7.13. The van der Waals surface area contributed by atoms with Gasteiger partial charge in [0.25, 0.3) is 0 Å². The second-order valence-corrected chi connectivity index (χ2v) is 6.19. The van der Waals surface area contributed by atoms with E-state index < -0.39 is 0 Å². The van der Waals surface area contributed by atoms with Gasteiger partial charge >= 0.3 is 0 Å². The molecule has 3 aromatic rings. The van der Waals surface area contributed by atoms with Gasteiger partial charge < -0.3 is 4.90 Å². The molecule has 4 rings (SSSR count). The predicted octanol–water partition coefficient (Wildman–Crippen LogP) is 3.39. The summed E-state index contributed by atoms with van der Waals surface area (Å²) >= 11 is 1.54. The fourth-order valence-electron chi connectivity index (χ4n) is 2.69. The summed E-state index contributed by atoms with van der Waals surface area (Å²) in [7, 11) is 0. The number of hydrogen-bond acceptors (Lipinski definition) is 5. The number of carbonyl (C=O) groups excluding carboxylic acids is 1. The van der Waals surface area contributed by atoms with E-state index in [1.54, 1.807) is 29.9 Å². The van der Waals surface area contributed by atoms with Crippen molar-refractivity contribution < 1.29 is 4.79 Å². The fraction of sp³-hybridized carbons (Fsp3) is 0.176. The molecule has 23 heavy (non-hydrogen) atoms. The van der Waals surface area contributed by atoms with Crippen molar-refractivity contribution in [3.8, 4) is 22.0 Å². The summed E-state index contributed by atoms with van der Waals surface area (Å²) in [5.74, 6) is 0.195. The Hall–Kier alpha value is -2.60. The largest absolute Gasteiger partial charge is 0.312 e. The maximum absolute atomic E-state index is 11.9. The average Bonchev–Trinajstić information content (AvgIpc) is 3.25. The summed E-state index contributed by atoms with van der Waals surface area (Å²) in [6, 6.07) is 7.98. The Labute approximate surface area is 137 Å². The van der Waals surface area contributed by atoms with Crippen molar-refractivity contribution in [2.24, 2.45) is 0 Å². The Kier molecular flexibility index (Phi) is 3.59. The summed E-state index contributed by atoms with van der Waals surface area (Å²) in [6.07, 6.45) is 6.58. The van der Waals surface area contributed by atoms with Crippen LogP contribution in [-0.4, -0.2) is 27.4 Å². The summed E-state index contributed by atoms with van der Waals surface area (Å²) in [6.45, 7) is 0.796. The minimum Gasteiger partial charge on any atom is -0.312 e. The Bertz CT molecular complexity index is 847. The van der Waals surface area contributed by atoms with E-state index in [9.17, 15) is 4.79 Å². The van der Waals surface area contributed by atoms with Crippen LogP contribution >= 0.6 is 11.3 Å². The lowest BCUT2D eigenvalue weighted by Crippen LogP contribution is -2.23. The minimum atomic E-state index is 0.195. The Morgan fingerprint density at radius 2 is 2.13 bits per heavy atom. The topological polar surface area (TPSA) is 59.0 Å². The maximum atomic E-state index is 11.9. The molecule has 1 aliphatic rings. The lowest BCUT2D eigenvalue weighted by atomic mass is 10.1. The van der Waals surface area contributed by atoms with Crippen LogP contribution in [0.3, 0.4) is 0 Å². The quantitative estimate of drug-likeness (QED) is 0.741. The van der Waals surface area contributed by atoms with Crippen molar-refractivity contribution in [2.75, 3.05) is 11.4 Å². The number of hydrogen-bond donors (Lipinski definition) is 0. The first kappa shape index (κ1) is 14.0. The van der Waals surface area contributed by atoms with Crippen LogP contribution in [0.25, 0.3) is 22.0 Å². The summed E-state index contributed by atoms with van der Waals surface area (Å²) in [4.78, 5) is 26.8. The molecule has 0 aliphatic carbocycles. The Balaban J connectivity index is 1.66. The van der Waals surface area contributed by atoms with Gasteiger partial charge in [0.1, 0.15) is 10.7 Å². The fourth-order valence-corrected chi connectivity index (χ4v) is 3.48. The molecule has 0 atom stereocenters. The zero-order chi connectivity index (χ0) is 15.6. The highest BCUT2D eigenvalue weighted by atomic mass is 32.1. The van der Waals surface area contributed by atoms with E-state index in [1.807, 2.05) is 34.5 Å². The van der Waals surface area contributed by atoms with E-state index in [0.29, 0.717) is 6.42 Å². The smallest absolute Gasteiger partial charge is 0.227 e. The molecule has 0 unspecified atom stereocenters. The van der Waals surface area contributed by atoms with Gasteiger partial charge in [-0.3, -0.25) is 14.8 Å². The molecule has 1 aliphatic heterocycles. The standard InChI is InChI=1S/C17H14N4OS/c22-16-5-2-8-21(16)13-4-1-3-12(9-13)15-11-23-17(20-15)14-10-18-6-7-19-14/h1,3-4,6-7,9-11H,2,5,8H2. The number of benzene rings is 1. The van der Waals surface area contributed by atoms with E-state index >= 15 is 0 Å². The summed E-state index contributed by atoms with van der Waals surface area (Å²) < 4.78 is 0. The van der Waals surface area contributed by atoms with Crippen LogP contribution in [0.2, 0.25) is 0 Å². The van der Waals surface area contributed by atoms with E-state index in [0.717, 1.165) is 40.6 Å². The first-order valence-corrected chi connectivity index (χ1v) is 8.32. The summed E-state index contributed by atoms with van der Waals surface area (Å²) in [5, 5.41) is 2.85. The lowest BCUT2D eigenvalue weighted by molar-refractivity contribution is -0.117. The molecule has 5 nitrogen and oxygen atoms in total. The second-order valence-electron chi connectivity index (χ2n) is 5.33. The van der Waals surface area contributed by atoms with Crippen LogP contribution in [0.1, 0.15) is 12.8 Å². The molecule has 2 aromatic heterocycles. The molecule has 1 aromatic carbocycles. The highest BCUT2D eigenvalue weighted by Crippen LogP contribution is 2.30. The Morgan fingerprint density at radius 3 is 2.91 bits per heavy atom. The number of nitrogens with zero attached hydrogens (tertiary/aromatic N) is 4. The van der Waals surface area contributed by atoms with Gasteiger partial charge in [-0.2, -0.15) is 0 Å². The number of carbonyl (C=O) groups is 1. The predicted molar refractivity (Wildman–Crippen MR) is 90.2 cm³/mol. The molecule has 0 N–H and O–H groups in total. The third-order valence-corrected chi connectivity index (χ3v) is 4.68. The normalized spacial score (nSPS) is 14.4. The van der Waals surface area contributed by atoms with Gasteiger partial charge in [0, 0.05) is 42.0 Å². The zero-order valence-corrected chi connectivity index (χ0v) is 13.2. The first-order chi connectivity index (χ1) is 11.3. The summed E-state index contributed by atoms with van der Waals surface area (Å²) in [5.41, 5.74) is 3.62. The molecule has 0 spiro atoms. The third kappa shape index (κ3) is 2.73. The van der Waals surface area contributed by atoms with Crippen molar-refractivity contribution in [3.63, 3.8) is 0 Å². The molecule has 0 bridgehead atoms. The zero-order valence-electron chi connectivity index (χ0n) is 12.3. The van der Waals surface area contributed by atoms with Crippen LogP contribution in [0.4, 0.5) is 5.69 Å². The van der Waals surface area contributed by atoms with Gasteiger partial charge in [0.05, 0.1) is 11.9 Å². The van der Waals surface area contributed by atoms with E-state index in [2.05, 4.69) is 15.0 Å². The number of thiazole rings is 1. The van der Waals surface area contributed by atoms with Crippen molar-refractivity contribution in [1.82, 2.24) is 15.0 Å². The molecule has 3 heterocycles. The van der Waals surface area contributed by atoms with Crippen LogP contribution in [0.15, 0.2) is 48.2 Å². The SMILES string of the molecule is O=C1CCCN1c1cccc(-c2csc(-c3cnccn3)n2)c1. The number of amides is 1. The van der Waals surface area contributed by atoms with Crippen molar-refractivity contribution in [2.45, 2.75) is 12.8 Å². The number of rotatable bonds is 3. The number of anilines is 1. The van der Waals surface area contributed by atoms with E-state index in [-0.39, 0.29) is 5.91 Å². The minimum absolute atomic E-state index is 0.195. The van der Waals surface area contributed by atoms with Gasteiger partial charge in [0.15, 0.2) is 0 Å². The maximum Gasteiger partial charge on any atom is 0.227 e. The molecule has 1 saturated heterocycles. The second kappa shape index (κ2) is 5.89. The molecular formula is C17H14N4OS. The molecule has 1 fully saturated rings. The van der Waals surface area contributed by atoms with Crippen LogP contribution < -0.4 is 4.90 Å². The lowest BCUT2D eigenvalue weighted by Gasteiger charge is -2.16. The Morgan fingerprint density at radius 1 is 1.17 bits per heavy atom. The first-order valence-electron chi connectivity index (χ1n) is 7.44. The van der Waals surface area contributed by atoms with Crippen LogP contribution in [0.5, 0.6) is 0 Å². The number of aromatic nitrogens is 3. The monoisotopic (exact) mass is 322 g/mol. The molecule has 0 radical (unpaired) electrons. The molecular weight excluding hydrogens is 308 g/mol. The van der Waals surface area contributed by atoms with Gasteiger partial charge in [-0.1, -0.05) is 12.1 Å². The molecule has 114 valence electrons. The van der Waals surface area contributed by atoms with Crippen molar-refractivity contribution in [3.05, 3.63) is 48.2 Å². The molecule has 6 heteroatoms. The highest BCUT2D eigenvalue weighted by Gasteiger charge is 2.22. The average molecular weight is 322 g/mol. The van der Waals surface area contributed by atoms with Crippen LogP contribution in [-0.2, 0) is 4.79 Å². The van der Waals surface area contributed by atoms with Gasteiger partial charge in [0.2, 0.25) is 5.91 Å². The van der Waals surface area contributed by atoms with Crippen LogP contribution in [0, 0.1) is 0 Å². The van der Waals surface area contributed by atoms with Gasteiger partial charge in [-0.05, 0) is 18.6 Å².